The third kappa shape index (κ3) is 4.87. The first-order valence-corrected chi connectivity index (χ1v) is 7.65. The Kier molecular flexibility index (Phi) is 7.87. The molecule has 0 saturated heterocycles. The summed E-state index contributed by atoms with van der Waals surface area (Å²) in [6, 6.07) is 0.653. The van der Waals surface area contributed by atoms with E-state index in [4.69, 9.17) is 10.5 Å². The summed E-state index contributed by atoms with van der Waals surface area (Å²) in [4.78, 5) is 2.60. The minimum absolute atomic E-state index is 0.653. The lowest BCUT2D eigenvalue weighted by Crippen LogP contribution is -2.42. The van der Waals surface area contributed by atoms with Crippen LogP contribution in [0.1, 0.15) is 46.0 Å². The Balaban J connectivity index is 2.51. The van der Waals surface area contributed by atoms with Gasteiger partial charge in [-0.2, -0.15) is 0 Å². The second-order valence-electron chi connectivity index (χ2n) is 5.79. The van der Waals surface area contributed by atoms with Gasteiger partial charge in [0.15, 0.2) is 0 Å². The fourth-order valence-corrected chi connectivity index (χ4v) is 3.09. The van der Waals surface area contributed by atoms with Gasteiger partial charge in [0.05, 0.1) is 6.61 Å². The molecule has 1 rings (SSSR count). The van der Waals surface area contributed by atoms with Gasteiger partial charge in [-0.1, -0.05) is 19.8 Å². The third-order valence-corrected chi connectivity index (χ3v) is 4.64. The van der Waals surface area contributed by atoms with Crippen LogP contribution in [-0.4, -0.2) is 44.3 Å². The molecule has 1 saturated carbocycles. The van der Waals surface area contributed by atoms with E-state index in [2.05, 4.69) is 18.7 Å². The molecule has 3 heteroatoms. The predicted molar refractivity (Wildman–Crippen MR) is 77.7 cm³/mol. The molecule has 3 nitrogen and oxygen atoms in total. The minimum atomic E-state index is 0.653. The fourth-order valence-electron chi connectivity index (χ4n) is 3.09. The van der Waals surface area contributed by atoms with Crippen LogP contribution in [0.25, 0.3) is 0 Å². The summed E-state index contributed by atoms with van der Waals surface area (Å²) in [6.07, 6.45) is 6.67. The largest absolute Gasteiger partial charge is 0.383 e. The first-order chi connectivity index (χ1) is 8.72. The van der Waals surface area contributed by atoms with Crippen molar-refractivity contribution in [2.75, 3.05) is 33.4 Å². The van der Waals surface area contributed by atoms with Gasteiger partial charge in [0.1, 0.15) is 0 Å². The van der Waals surface area contributed by atoms with Gasteiger partial charge in [-0.15, -0.1) is 0 Å². The number of nitrogens with zero attached hydrogens (tertiary/aromatic N) is 1. The van der Waals surface area contributed by atoms with E-state index >= 15 is 0 Å². The second-order valence-corrected chi connectivity index (χ2v) is 5.79. The minimum Gasteiger partial charge on any atom is -0.383 e. The van der Waals surface area contributed by atoms with Crippen LogP contribution < -0.4 is 5.73 Å². The average Bonchev–Trinajstić information content (AvgIpc) is 2.42. The number of rotatable bonds is 8. The van der Waals surface area contributed by atoms with Gasteiger partial charge in [0.2, 0.25) is 0 Å². The normalized spacial score (nSPS) is 26.5. The molecule has 2 N–H and O–H groups in total. The molecule has 0 aromatic carbocycles. The highest BCUT2D eigenvalue weighted by molar-refractivity contribution is 4.80. The quantitative estimate of drug-likeness (QED) is 0.725. The van der Waals surface area contributed by atoms with E-state index in [1.54, 1.807) is 7.11 Å². The molecule has 0 heterocycles. The highest BCUT2D eigenvalue weighted by Gasteiger charge is 2.26. The first-order valence-electron chi connectivity index (χ1n) is 7.65. The maximum atomic E-state index is 5.93. The van der Waals surface area contributed by atoms with Crippen molar-refractivity contribution in [1.29, 1.82) is 0 Å². The van der Waals surface area contributed by atoms with Crippen molar-refractivity contribution in [3.05, 3.63) is 0 Å². The number of ether oxygens (including phenoxy) is 1. The van der Waals surface area contributed by atoms with E-state index in [-0.39, 0.29) is 0 Å². The monoisotopic (exact) mass is 256 g/mol. The Morgan fingerprint density at radius 3 is 2.50 bits per heavy atom. The van der Waals surface area contributed by atoms with Crippen molar-refractivity contribution < 1.29 is 4.74 Å². The summed E-state index contributed by atoms with van der Waals surface area (Å²) < 4.78 is 5.24. The molecule has 0 aromatic rings. The zero-order valence-electron chi connectivity index (χ0n) is 12.5. The molecule has 0 spiro atoms. The van der Waals surface area contributed by atoms with Gasteiger partial charge in [-0.25, -0.2) is 0 Å². The fraction of sp³-hybridized carbons (Fsp3) is 1.00. The Bertz CT molecular complexity index is 211. The number of hydrogen-bond donors (Lipinski definition) is 1. The van der Waals surface area contributed by atoms with Gasteiger partial charge in [0.25, 0.3) is 0 Å². The zero-order chi connectivity index (χ0) is 13.4. The lowest BCUT2D eigenvalue weighted by molar-refractivity contribution is 0.0865. The number of methoxy groups -OCH3 is 1. The maximum Gasteiger partial charge on any atom is 0.0589 e. The Hall–Kier alpha value is -0.120. The summed E-state index contributed by atoms with van der Waals surface area (Å²) in [7, 11) is 1.79. The lowest BCUT2D eigenvalue weighted by atomic mass is 9.79. The lowest BCUT2D eigenvalue weighted by Gasteiger charge is -2.37. The van der Waals surface area contributed by atoms with Gasteiger partial charge in [-0.05, 0) is 44.6 Å². The van der Waals surface area contributed by atoms with Crippen molar-refractivity contribution in [1.82, 2.24) is 4.90 Å². The van der Waals surface area contributed by atoms with E-state index in [1.165, 1.54) is 38.6 Å². The molecule has 18 heavy (non-hydrogen) atoms. The van der Waals surface area contributed by atoms with Crippen LogP contribution in [0, 0.1) is 11.8 Å². The van der Waals surface area contributed by atoms with E-state index in [9.17, 15) is 0 Å². The van der Waals surface area contributed by atoms with E-state index in [0.717, 1.165) is 31.5 Å². The van der Waals surface area contributed by atoms with Gasteiger partial charge >= 0.3 is 0 Å². The molecular weight excluding hydrogens is 224 g/mol. The SMILES string of the molecule is CCC(C)N(CCOC)CC1CCCCC1CN. The van der Waals surface area contributed by atoms with Crippen LogP contribution in [0.5, 0.6) is 0 Å². The Morgan fingerprint density at radius 2 is 1.94 bits per heavy atom. The van der Waals surface area contributed by atoms with Crippen LogP contribution in [-0.2, 0) is 4.74 Å². The molecule has 0 aliphatic heterocycles. The van der Waals surface area contributed by atoms with Crippen molar-refractivity contribution in [2.45, 2.75) is 52.0 Å². The van der Waals surface area contributed by atoms with Crippen LogP contribution in [0.2, 0.25) is 0 Å². The predicted octanol–water partition coefficient (Wildman–Crippen LogP) is 2.50. The number of nitrogens with two attached hydrogens (primary N) is 1. The molecule has 3 atom stereocenters. The molecule has 0 radical (unpaired) electrons. The summed E-state index contributed by atoms with van der Waals surface area (Å²) >= 11 is 0. The highest BCUT2D eigenvalue weighted by atomic mass is 16.5. The standard InChI is InChI=1S/C15H32N2O/c1-4-13(2)17(9-10-18-3)12-15-8-6-5-7-14(15)11-16/h13-15H,4-12,16H2,1-3H3. The average molecular weight is 256 g/mol. The summed E-state index contributed by atoms with van der Waals surface area (Å²) in [5.41, 5.74) is 5.93. The third-order valence-electron chi connectivity index (χ3n) is 4.64. The summed E-state index contributed by atoms with van der Waals surface area (Å²) in [5, 5.41) is 0. The summed E-state index contributed by atoms with van der Waals surface area (Å²) in [5.74, 6) is 1.54. The van der Waals surface area contributed by atoms with Crippen molar-refractivity contribution in [2.24, 2.45) is 17.6 Å². The molecule has 0 amide bonds. The molecule has 1 fully saturated rings. The van der Waals surface area contributed by atoms with E-state index < -0.39 is 0 Å². The van der Waals surface area contributed by atoms with Gasteiger partial charge in [0, 0.05) is 26.2 Å². The highest BCUT2D eigenvalue weighted by Crippen LogP contribution is 2.30. The van der Waals surface area contributed by atoms with Crippen LogP contribution in [0.15, 0.2) is 0 Å². The molecule has 0 bridgehead atoms. The molecular formula is C15H32N2O. The molecule has 108 valence electrons. The van der Waals surface area contributed by atoms with Crippen LogP contribution >= 0.6 is 0 Å². The molecule has 3 unspecified atom stereocenters. The maximum absolute atomic E-state index is 5.93. The first kappa shape index (κ1) is 15.9. The zero-order valence-corrected chi connectivity index (χ0v) is 12.5. The smallest absolute Gasteiger partial charge is 0.0589 e. The molecule has 1 aliphatic carbocycles. The Morgan fingerprint density at radius 1 is 1.28 bits per heavy atom. The van der Waals surface area contributed by atoms with Crippen LogP contribution in [0.4, 0.5) is 0 Å². The molecule has 0 aromatic heterocycles. The number of hydrogen-bond acceptors (Lipinski definition) is 3. The summed E-state index contributed by atoms with van der Waals surface area (Å²) in [6.45, 7) is 8.56. The van der Waals surface area contributed by atoms with Gasteiger partial charge in [-0.3, -0.25) is 4.90 Å². The van der Waals surface area contributed by atoms with E-state index in [0.29, 0.717) is 6.04 Å². The molecule has 1 aliphatic rings. The van der Waals surface area contributed by atoms with Crippen molar-refractivity contribution >= 4 is 0 Å². The Labute approximate surface area is 113 Å². The topological polar surface area (TPSA) is 38.5 Å². The second kappa shape index (κ2) is 8.89. The van der Waals surface area contributed by atoms with Crippen molar-refractivity contribution in [3.8, 4) is 0 Å². The van der Waals surface area contributed by atoms with Crippen molar-refractivity contribution in [3.63, 3.8) is 0 Å². The van der Waals surface area contributed by atoms with Crippen LogP contribution in [0.3, 0.4) is 0 Å². The van der Waals surface area contributed by atoms with Gasteiger partial charge < -0.3 is 10.5 Å². The van der Waals surface area contributed by atoms with E-state index in [1.807, 2.05) is 0 Å².